The van der Waals surface area contributed by atoms with Gasteiger partial charge in [-0.05, 0) is 52.3 Å². The van der Waals surface area contributed by atoms with Crippen molar-refractivity contribution >= 4 is 29.3 Å². The highest BCUT2D eigenvalue weighted by Gasteiger charge is 2.55. The third-order valence-corrected chi connectivity index (χ3v) is 8.40. The van der Waals surface area contributed by atoms with Gasteiger partial charge in [0.05, 0.1) is 11.4 Å². The maximum Gasteiger partial charge on any atom is 0.344 e. The Labute approximate surface area is 194 Å². The predicted octanol–water partition coefficient (Wildman–Crippen LogP) is 1.49. The number of rotatable bonds is 8. The zero-order valence-corrected chi connectivity index (χ0v) is 21.2. The van der Waals surface area contributed by atoms with Gasteiger partial charge in [-0.15, -0.1) is 28.8 Å². The van der Waals surface area contributed by atoms with E-state index in [2.05, 4.69) is 19.3 Å². The van der Waals surface area contributed by atoms with Crippen molar-refractivity contribution in [1.82, 2.24) is 10.4 Å². The first kappa shape index (κ1) is 27.1. The average molecular weight is 483 g/mol. The molecule has 182 valence electrons. The Balaban J connectivity index is 2.15. The second-order valence-corrected chi connectivity index (χ2v) is 11.7. The first-order chi connectivity index (χ1) is 14.2. The highest BCUT2D eigenvalue weighted by atomic mass is 35.5. The number of hydrogen-bond donors (Lipinski definition) is 4. The molecule has 0 radical (unpaired) electrons. The standard InChI is InChI=1S/C21H39ClN2O6S/c1-8-9-19(3)10-20(4,24(6)11-19)18(28)30-23-13(12(2)22)16-14(25)15(26)17(27)21(5,29-16)31-7/h12-17,23,25-27H,8-11H2,1-7H3/t12-,13+,14+,15-,16+,17+,19+,20-,21+/m0/s1. The van der Waals surface area contributed by atoms with Gasteiger partial charge in [0.25, 0.3) is 0 Å². The van der Waals surface area contributed by atoms with Crippen molar-refractivity contribution < 1.29 is 29.7 Å². The predicted molar refractivity (Wildman–Crippen MR) is 122 cm³/mol. The van der Waals surface area contributed by atoms with Gasteiger partial charge in [0, 0.05) is 6.54 Å². The molecule has 0 aliphatic carbocycles. The van der Waals surface area contributed by atoms with Gasteiger partial charge in [0.2, 0.25) is 0 Å². The Morgan fingerprint density at radius 1 is 1.32 bits per heavy atom. The van der Waals surface area contributed by atoms with E-state index >= 15 is 0 Å². The zero-order chi connectivity index (χ0) is 23.8. The maximum absolute atomic E-state index is 13.1. The van der Waals surface area contributed by atoms with Gasteiger partial charge in [-0.2, -0.15) is 0 Å². The highest BCUT2D eigenvalue weighted by molar-refractivity contribution is 7.99. The van der Waals surface area contributed by atoms with Crippen molar-refractivity contribution in [3.8, 4) is 0 Å². The molecule has 9 atom stereocenters. The fraction of sp³-hybridized carbons (Fsp3) is 0.952. The second-order valence-electron chi connectivity index (χ2n) is 9.81. The van der Waals surface area contributed by atoms with Crippen molar-refractivity contribution in [2.75, 3.05) is 19.8 Å². The number of thioether (sulfide) groups is 1. The number of hydrogen-bond acceptors (Lipinski definition) is 9. The van der Waals surface area contributed by atoms with Crippen LogP contribution in [0.5, 0.6) is 0 Å². The van der Waals surface area contributed by atoms with Crippen molar-refractivity contribution in [3.05, 3.63) is 0 Å². The van der Waals surface area contributed by atoms with E-state index in [0.717, 1.165) is 19.4 Å². The number of nitrogens with one attached hydrogen (secondary N) is 1. The number of likely N-dealkylation sites (tertiary alicyclic amines) is 1. The first-order valence-corrected chi connectivity index (χ1v) is 12.5. The molecule has 10 heteroatoms. The molecular weight excluding hydrogens is 444 g/mol. The van der Waals surface area contributed by atoms with Crippen LogP contribution in [0.25, 0.3) is 0 Å². The maximum atomic E-state index is 13.1. The fourth-order valence-electron chi connectivity index (χ4n) is 4.98. The molecule has 0 aromatic heterocycles. The molecule has 2 saturated heterocycles. The Bertz CT molecular complexity index is 645. The molecule has 2 aliphatic heterocycles. The Kier molecular flexibility index (Phi) is 8.76. The largest absolute Gasteiger partial charge is 0.388 e. The van der Waals surface area contributed by atoms with Crippen LogP contribution < -0.4 is 5.48 Å². The number of carbonyl (C=O) groups excluding carboxylic acids is 1. The summed E-state index contributed by atoms with van der Waals surface area (Å²) in [5.41, 5.74) is 1.93. The molecule has 2 aliphatic rings. The van der Waals surface area contributed by atoms with Crippen molar-refractivity contribution in [2.24, 2.45) is 5.41 Å². The van der Waals surface area contributed by atoms with E-state index in [0.29, 0.717) is 6.42 Å². The topological polar surface area (TPSA) is 111 Å². The van der Waals surface area contributed by atoms with Crippen molar-refractivity contribution in [2.45, 2.75) is 100 Å². The van der Waals surface area contributed by atoms with E-state index in [1.165, 1.54) is 11.8 Å². The fourth-order valence-corrected chi connectivity index (χ4v) is 5.76. The number of nitrogens with zero attached hydrogens (tertiary/aromatic N) is 1. The minimum Gasteiger partial charge on any atom is -0.388 e. The molecule has 0 aromatic carbocycles. The molecule has 31 heavy (non-hydrogen) atoms. The van der Waals surface area contributed by atoms with Crippen LogP contribution in [-0.4, -0.2) is 92.3 Å². The van der Waals surface area contributed by atoms with Gasteiger partial charge < -0.3 is 24.9 Å². The first-order valence-electron chi connectivity index (χ1n) is 10.8. The third-order valence-electron chi connectivity index (χ3n) is 6.98. The summed E-state index contributed by atoms with van der Waals surface area (Å²) in [5, 5.41) is 30.6. The van der Waals surface area contributed by atoms with E-state index in [1.54, 1.807) is 20.1 Å². The molecule has 2 rings (SSSR count). The summed E-state index contributed by atoms with van der Waals surface area (Å²) in [4.78, 5) is 19.5. The molecule has 0 spiro atoms. The van der Waals surface area contributed by atoms with E-state index in [-0.39, 0.29) is 5.41 Å². The molecule has 0 aromatic rings. The van der Waals surface area contributed by atoms with E-state index < -0.39 is 52.3 Å². The van der Waals surface area contributed by atoms with Gasteiger partial charge >= 0.3 is 5.97 Å². The summed E-state index contributed by atoms with van der Waals surface area (Å²) in [6, 6.07) is -0.813. The third kappa shape index (κ3) is 5.35. The molecule has 4 N–H and O–H groups in total. The number of halogens is 1. The van der Waals surface area contributed by atoms with Crippen LogP contribution >= 0.6 is 23.4 Å². The summed E-state index contributed by atoms with van der Waals surface area (Å²) in [7, 11) is 1.92. The van der Waals surface area contributed by atoms with E-state index in [1.807, 2.05) is 18.9 Å². The summed E-state index contributed by atoms with van der Waals surface area (Å²) in [6.07, 6.45) is -0.667. The SMILES string of the molecule is CCC[C@@]1(C)CN(C)[C@](C)(C(=O)ON[C@@H]([C@H]2O[C@](C)(SC)[C@H](O)[C@@H](O)[C@H]2O)[C@H](C)Cl)C1. The van der Waals surface area contributed by atoms with Crippen molar-refractivity contribution in [3.63, 3.8) is 0 Å². The lowest BCUT2D eigenvalue weighted by atomic mass is 9.80. The highest BCUT2D eigenvalue weighted by Crippen LogP contribution is 2.44. The number of hydroxylamine groups is 1. The lowest BCUT2D eigenvalue weighted by Crippen LogP contribution is -2.67. The molecule has 8 nitrogen and oxygen atoms in total. The Morgan fingerprint density at radius 2 is 1.94 bits per heavy atom. The van der Waals surface area contributed by atoms with E-state index in [4.69, 9.17) is 21.2 Å². The number of likely N-dealkylation sites (N-methyl/N-ethyl adjacent to an activating group) is 1. The van der Waals surface area contributed by atoms with Crippen LogP contribution in [0.1, 0.15) is 53.9 Å². The summed E-state index contributed by atoms with van der Waals surface area (Å²) in [5.74, 6) is -0.435. The van der Waals surface area contributed by atoms with Gasteiger partial charge in [-0.1, -0.05) is 20.3 Å². The molecule has 0 bridgehead atoms. The zero-order valence-electron chi connectivity index (χ0n) is 19.6. The summed E-state index contributed by atoms with van der Waals surface area (Å²) >= 11 is 7.56. The average Bonchev–Trinajstić information content (AvgIpc) is 2.93. The van der Waals surface area contributed by atoms with Gasteiger partial charge in [-0.25, -0.2) is 4.79 Å². The normalized spacial score (nSPS) is 43.6. The molecule has 0 amide bonds. The summed E-state index contributed by atoms with van der Waals surface area (Å²) < 4.78 is 5.96. The van der Waals surface area contributed by atoms with Crippen LogP contribution in [0.4, 0.5) is 0 Å². The number of aliphatic hydroxyl groups is 3. The van der Waals surface area contributed by atoms with Crippen LogP contribution in [0.15, 0.2) is 0 Å². The van der Waals surface area contributed by atoms with Gasteiger partial charge in [0.15, 0.2) is 0 Å². The monoisotopic (exact) mass is 482 g/mol. The minimum absolute atomic E-state index is 0.0273. The van der Waals surface area contributed by atoms with E-state index in [9.17, 15) is 20.1 Å². The lowest BCUT2D eigenvalue weighted by Gasteiger charge is -2.48. The molecule has 0 unspecified atom stereocenters. The van der Waals surface area contributed by atoms with Crippen LogP contribution in [0, 0.1) is 5.41 Å². The van der Waals surface area contributed by atoms with Crippen LogP contribution in [0.2, 0.25) is 0 Å². The number of ether oxygens (including phenoxy) is 1. The molecular formula is C21H39ClN2O6S. The molecule has 2 heterocycles. The minimum atomic E-state index is -1.43. The van der Waals surface area contributed by atoms with Gasteiger partial charge in [-0.3, -0.25) is 4.90 Å². The van der Waals surface area contributed by atoms with Gasteiger partial charge in [0.1, 0.15) is 34.9 Å². The second kappa shape index (κ2) is 10.0. The summed E-state index contributed by atoms with van der Waals surface area (Å²) in [6.45, 7) is 10.3. The number of carbonyl (C=O) groups is 1. The smallest absolute Gasteiger partial charge is 0.344 e. The quantitative estimate of drug-likeness (QED) is 0.302. The van der Waals surface area contributed by atoms with Crippen LogP contribution in [-0.2, 0) is 14.4 Å². The number of aliphatic hydroxyl groups excluding tert-OH is 3. The lowest BCUT2D eigenvalue weighted by molar-refractivity contribution is -0.243. The number of alkyl halides is 1. The Morgan fingerprint density at radius 3 is 2.45 bits per heavy atom. The Hall–Kier alpha value is -0.130. The van der Waals surface area contributed by atoms with Crippen molar-refractivity contribution in [1.29, 1.82) is 0 Å². The molecule has 2 fully saturated rings. The van der Waals surface area contributed by atoms with Crippen LogP contribution in [0.3, 0.4) is 0 Å². The molecule has 0 saturated carbocycles.